The topological polar surface area (TPSA) is 0 Å². The van der Waals surface area contributed by atoms with E-state index in [4.69, 9.17) is 8.92 Å². The van der Waals surface area contributed by atoms with E-state index in [9.17, 15) is 2.87 Å². The SMILES string of the molecule is [CH3][Sn]([F])([Cl])[c]1ccccc1. The summed E-state index contributed by atoms with van der Waals surface area (Å²) in [6.07, 6.45) is 0. The first-order valence-corrected chi connectivity index (χ1v) is 12.0. The molecule has 0 fully saturated rings. The first-order valence-electron chi connectivity index (χ1n) is 3.04. The van der Waals surface area contributed by atoms with E-state index in [0.29, 0.717) is 3.58 Å². The maximum absolute atomic E-state index is 13.1. The molecule has 0 radical (unpaired) electrons. The van der Waals surface area contributed by atoms with Gasteiger partial charge in [0.2, 0.25) is 0 Å². The average molecular weight is 265 g/mol. The second kappa shape index (κ2) is 3.09. The predicted octanol–water partition coefficient (Wildman–Crippen LogP) is 2.17. The first-order chi connectivity index (χ1) is 4.61. The van der Waals surface area contributed by atoms with Gasteiger partial charge in [0, 0.05) is 0 Å². The predicted molar refractivity (Wildman–Crippen MR) is 44.7 cm³/mol. The summed E-state index contributed by atoms with van der Waals surface area (Å²) in [5.41, 5.74) is 0. The van der Waals surface area contributed by atoms with E-state index in [1.165, 1.54) is 4.94 Å². The van der Waals surface area contributed by atoms with Crippen molar-refractivity contribution in [3.8, 4) is 0 Å². The van der Waals surface area contributed by atoms with Crippen LogP contribution in [0, 0.1) is 0 Å². The van der Waals surface area contributed by atoms with E-state index < -0.39 is 17.8 Å². The van der Waals surface area contributed by atoms with E-state index in [2.05, 4.69) is 0 Å². The zero-order valence-corrected chi connectivity index (χ0v) is 9.25. The first kappa shape index (κ1) is 8.34. The standard InChI is InChI=1S/C6H5.CH3.ClH.FH.Sn/c1-2-4-6-5-3-1;;;;/h1-5H;1H3;2*1H;/q;;;;+2/p-2. The third kappa shape index (κ3) is 2.13. The molecule has 54 valence electrons. The molecule has 1 aromatic rings. The van der Waals surface area contributed by atoms with Crippen molar-refractivity contribution in [3.63, 3.8) is 0 Å². The van der Waals surface area contributed by atoms with Gasteiger partial charge in [0.1, 0.15) is 0 Å². The molecular formula is C7H8ClFSn. The molecule has 1 atom stereocenters. The van der Waals surface area contributed by atoms with Gasteiger partial charge in [-0.25, -0.2) is 0 Å². The van der Waals surface area contributed by atoms with Crippen LogP contribution < -0.4 is 3.58 Å². The van der Waals surface area contributed by atoms with E-state index >= 15 is 0 Å². The molecule has 0 aliphatic heterocycles. The molecule has 10 heavy (non-hydrogen) atoms. The van der Waals surface area contributed by atoms with Gasteiger partial charge in [-0.15, -0.1) is 0 Å². The van der Waals surface area contributed by atoms with Gasteiger partial charge in [0.15, 0.2) is 0 Å². The molecule has 0 heterocycles. The van der Waals surface area contributed by atoms with Gasteiger partial charge in [-0.3, -0.25) is 0 Å². The molecule has 0 bridgehead atoms. The van der Waals surface area contributed by atoms with Crippen molar-refractivity contribution < 1.29 is 2.87 Å². The van der Waals surface area contributed by atoms with Gasteiger partial charge < -0.3 is 0 Å². The number of benzene rings is 1. The molecular weight excluding hydrogens is 257 g/mol. The van der Waals surface area contributed by atoms with Crippen molar-refractivity contribution in [2.45, 2.75) is 4.94 Å². The molecule has 0 saturated carbocycles. The molecule has 0 nitrogen and oxygen atoms in total. The van der Waals surface area contributed by atoms with Crippen LogP contribution >= 0.6 is 8.92 Å². The molecule has 0 amide bonds. The second-order valence-electron chi connectivity index (χ2n) is 2.25. The summed E-state index contributed by atoms with van der Waals surface area (Å²) in [6, 6.07) is 8.99. The zero-order chi connectivity index (χ0) is 7.61. The number of hydrogen-bond donors (Lipinski definition) is 0. The summed E-state index contributed by atoms with van der Waals surface area (Å²) in [7, 11) is 5.60. The summed E-state index contributed by atoms with van der Waals surface area (Å²) in [5, 5.41) is 0. The van der Waals surface area contributed by atoms with Gasteiger partial charge in [-0.2, -0.15) is 0 Å². The van der Waals surface area contributed by atoms with Crippen LogP contribution in [0.2, 0.25) is 4.94 Å². The maximum atomic E-state index is 13.1. The van der Waals surface area contributed by atoms with Crippen molar-refractivity contribution in [1.29, 1.82) is 0 Å². The Morgan fingerprint density at radius 3 is 2.10 bits per heavy atom. The van der Waals surface area contributed by atoms with Crippen LogP contribution in [0.5, 0.6) is 0 Å². The molecule has 0 N–H and O–H groups in total. The quantitative estimate of drug-likeness (QED) is 0.683. The Morgan fingerprint density at radius 1 is 1.30 bits per heavy atom. The summed E-state index contributed by atoms with van der Waals surface area (Å²) in [6.45, 7) is 0. The molecule has 0 aromatic heterocycles. The van der Waals surface area contributed by atoms with Crippen LogP contribution in [0.4, 0.5) is 2.87 Å². The van der Waals surface area contributed by atoms with Gasteiger partial charge in [0.05, 0.1) is 0 Å². The minimum absolute atomic E-state index is 0.707. The van der Waals surface area contributed by atoms with Crippen LogP contribution in [0.3, 0.4) is 0 Å². The van der Waals surface area contributed by atoms with Crippen molar-refractivity contribution in [2.24, 2.45) is 0 Å². The Kier molecular flexibility index (Phi) is 2.58. The van der Waals surface area contributed by atoms with Crippen LogP contribution in [0.1, 0.15) is 0 Å². The van der Waals surface area contributed by atoms with Crippen molar-refractivity contribution in [3.05, 3.63) is 30.3 Å². The average Bonchev–Trinajstić information content (AvgIpc) is 1.88. The van der Waals surface area contributed by atoms with E-state index in [0.717, 1.165) is 0 Å². The Bertz CT molecular complexity index is 205. The Hall–Kier alpha value is 0.239. The van der Waals surface area contributed by atoms with Crippen LogP contribution in [0.25, 0.3) is 0 Å². The summed E-state index contributed by atoms with van der Waals surface area (Å²) < 4.78 is 13.8. The van der Waals surface area contributed by atoms with Crippen molar-refractivity contribution >= 4 is 30.3 Å². The molecule has 0 aliphatic rings. The van der Waals surface area contributed by atoms with E-state index in [1.54, 1.807) is 12.1 Å². The fourth-order valence-electron chi connectivity index (χ4n) is 0.731. The fraction of sp³-hybridized carbons (Fsp3) is 0.143. The number of rotatable bonds is 1. The van der Waals surface area contributed by atoms with E-state index in [1.807, 2.05) is 18.2 Å². The van der Waals surface area contributed by atoms with E-state index in [-0.39, 0.29) is 0 Å². The minimum atomic E-state index is -3.74. The number of halogens is 2. The van der Waals surface area contributed by atoms with Gasteiger partial charge in [-0.05, 0) is 0 Å². The Balaban J connectivity index is 2.97. The van der Waals surface area contributed by atoms with Crippen LogP contribution in [-0.4, -0.2) is 17.8 Å². The molecule has 1 aromatic carbocycles. The van der Waals surface area contributed by atoms with Gasteiger partial charge in [-0.1, -0.05) is 0 Å². The third-order valence-corrected chi connectivity index (χ3v) is 6.59. The fourth-order valence-corrected chi connectivity index (χ4v) is 3.80. The monoisotopic (exact) mass is 266 g/mol. The van der Waals surface area contributed by atoms with Gasteiger partial charge in [0.25, 0.3) is 0 Å². The second-order valence-corrected chi connectivity index (χ2v) is 13.7. The van der Waals surface area contributed by atoms with Crippen molar-refractivity contribution in [1.82, 2.24) is 0 Å². The molecule has 0 spiro atoms. The molecule has 3 heteroatoms. The molecule has 0 saturated heterocycles. The summed E-state index contributed by atoms with van der Waals surface area (Å²) in [4.78, 5) is 1.53. The summed E-state index contributed by atoms with van der Waals surface area (Å²) in [5.74, 6) is 0. The molecule has 1 rings (SSSR count). The summed E-state index contributed by atoms with van der Waals surface area (Å²) >= 11 is -3.74. The Morgan fingerprint density at radius 2 is 1.80 bits per heavy atom. The van der Waals surface area contributed by atoms with Gasteiger partial charge >= 0.3 is 68.5 Å². The Labute approximate surface area is 68.4 Å². The zero-order valence-electron chi connectivity index (χ0n) is 5.64. The molecule has 1 unspecified atom stereocenters. The van der Waals surface area contributed by atoms with Crippen molar-refractivity contribution in [2.75, 3.05) is 0 Å². The third-order valence-electron chi connectivity index (χ3n) is 1.28. The normalized spacial score (nSPS) is 16.3. The number of hydrogen-bond acceptors (Lipinski definition) is 0. The molecule has 0 aliphatic carbocycles. The van der Waals surface area contributed by atoms with Crippen LogP contribution in [-0.2, 0) is 0 Å². The van der Waals surface area contributed by atoms with Crippen LogP contribution in [0.15, 0.2) is 30.3 Å².